The number of carbonyl (C=O) groups excluding carboxylic acids is 1. The first-order valence-electron chi connectivity index (χ1n) is 7.20. The Kier molecular flexibility index (Phi) is 4.43. The molecule has 0 aromatic heterocycles. The molecule has 1 aliphatic rings. The fourth-order valence-electron chi connectivity index (χ4n) is 2.68. The lowest BCUT2D eigenvalue weighted by Crippen LogP contribution is -2.44. The van der Waals surface area contributed by atoms with Crippen LogP contribution in [0.2, 0.25) is 0 Å². The zero-order valence-corrected chi connectivity index (χ0v) is 12.4. The standard InChI is InChI=1S/C16H23FN2O/c1-11-13(17)7-4-8-14(11)19-15(20)16(2,3)12-6-5-9-18-10-12/h4,7-8,12,18H,5-6,9-10H2,1-3H3,(H,19,20). The van der Waals surface area contributed by atoms with Gasteiger partial charge in [-0.3, -0.25) is 4.79 Å². The van der Waals surface area contributed by atoms with E-state index in [1.807, 2.05) is 13.8 Å². The third-order valence-electron chi connectivity index (χ3n) is 4.42. The summed E-state index contributed by atoms with van der Waals surface area (Å²) in [5.74, 6) is -0.0232. The summed E-state index contributed by atoms with van der Waals surface area (Å²) in [6.45, 7) is 7.50. The van der Waals surface area contributed by atoms with Gasteiger partial charge in [0.1, 0.15) is 5.82 Å². The SMILES string of the molecule is Cc1c(F)cccc1NC(=O)C(C)(C)C1CCCNC1. The number of hydrogen-bond donors (Lipinski definition) is 2. The molecule has 0 aliphatic carbocycles. The Morgan fingerprint density at radius 2 is 2.20 bits per heavy atom. The Balaban J connectivity index is 2.12. The molecule has 1 aromatic carbocycles. The highest BCUT2D eigenvalue weighted by Crippen LogP contribution is 2.33. The minimum atomic E-state index is -0.466. The fraction of sp³-hybridized carbons (Fsp3) is 0.562. The quantitative estimate of drug-likeness (QED) is 0.892. The third-order valence-corrected chi connectivity index (χ3v) is 4.42. The van der Waals surface area contributed by atoms with Crippen LogP contribution in [0, 0.1) is 24.1 Å². The van der Waals surface area contributed by atoms with Crippen molar-refractivity contribution in [1.82, 2.24) is 5.32 Å². The molecule has 0 saturated carbocycles. The summed E-state index contributed by atoms with van der Waals surface area (Å²) in [5, 5.41) is 6.22. The molecule has 1 atom stereocenters. The molecule has 20 heavy (non-hydrogen) atoms. The highest BCUT2D eigenvalue weighted by atomic mass is 19.1. The van der Waals surface area contributed by atoms with Crippen LogP contribution in [0.4, 0.5) is 10.1 Å². The summed E-state index contributed by atoms with van der Waals surface area (Å²) < 4.78 is 13.5. The van der Waals surface area contributed by atoms with Crippen LogP contribution < -0.4 is 10.6 Å². The van der Waals surface area contributed by atoms with Gasteiger partial charge in [0.05, 0.1) is 0 Å². The molecule has 2 rings (SSSR count). The van der Waals surface area contributed by atoms with Gasteiger partial charge in [-0.1, -0.05) is 19.9 Å². The molecule has 1 saturated heterocycles. The number of rotatable bonds is 3. The van der Waals surface area contributed by atoms with Gasteiger partial charge in [-0.2, -0.15) is 0 Å². The Labute approximate surface area is 120 Å². The van der Waals surface area contributed by atoms with Gasteiger partial charge < -0.3 is 10.6 Å². The lowest BCUT2D eigenvalue weighted by molar-refractivity contribution is -0.127. The summed E-state index contributed by atoms with van der Waals surface area (Å²) in [6, 6.07) is 4.76. The number of piperidine rings is 1. The van der Waals surface area contributed by atoms with E-state index >= 15 is 0 Å². The van der Waals surface area contributed by atoms with E-state index < -0.39 is 5.41 Å². The monoisotopic (exact) mass is 278 g/mol. The third kappa shape index (κ3) is 3.01. The maximum Gasteiger partial charge on any atom is 0.230 e. The molecule has 1 heterocycles. The summed E-state index contributed by atoms with van der Waals surface area (Å²) in [7, 11) is 0. The normalized spacial score (nSPS) is 19.7. The lowest BCUT2D eigenvalue weighted by atomic mass is 9.74. The second-order valence-electron chi connectivity index (χ2n) is 6.13. The molecule has 0 bridgehead atoms. The molecular weight excluding hydrogens is 255 g/mol. The molecule has 1 unspecified atom stereocenters. The first-order valence-corrected chi connectivity index (χ1v) is 7.20. The number of amides is 1. The second kappa shape index (κ2) is 5.92. The Hall–Kier alpha value is -1.42. The number of anilines is 1. The van der Waals surface area contributed by atoms with Gasteiger partial charge in [0, 0.05) is 16.7 Å². The van der Waals surface area contributed by atoms with Crippen molar-refractivity contribution in [2.45, 2.75) is 33.6 Å². The molecule has 2 N–H and O–H groups in total. The minimum Gasteiger partial charge on any atom is -0.325 e. The van der Waals surface area contributed by atoms with E-state index in [1.54, 1.807) is 19.1 Å². The van der Waals surface area contributed by atoms with Crippen molar-refractivity contribution in [3.63, 3.8) is 0 Å². The Morgan fingerprint density at radius 1 is 1.45 bits per heavy atom. The molecule has 1 aromatic rings. The van der Waals surface area contributed by atoms with Gasteiger partial charge in [0.2, 0.25) is 5.91 Å². The molecule has 1 fully saturated rings. The molecule has 0 spiro atoms. The van der Waals surface area contributed by atoms with Crippen LogP contribution in [-0.4, -0.2) is 19.0 Å². The van der Waals surface area contributed by atoms with Crippen molar-refractivity contribution < 1.29 is 9.18 Å². The van der Waals surface area contributed by atoms with Crippen LogP contribution in [0.15, 0.2) is 18.2 Å². The molecule has 1 amide bonds. The van der Waals surface area contributed by atoms with E-state index in [2.05, 4.69) is 10.6 Å². The zero-order chi connectivity index (χ0) is 14.8. The predicted octanol–water partition coefficient (Wildman–Crippen LogP) is 3.10. The number of nitrogens with one attached hydrogen (secondary N) is 2. The number of halogens is 1. The molecule has 110 valence electrons. The highest BCUT2D eigenvalue weighted by Gasteiger charge is 2.37. The number of carbonyl (C=O) groups is 1. The summed E-state index contributed by atoms with van der Waals surface area (Å²) in [5.41, 5.74) is 0.580. The van der Waals surface area contributed by atoms with Crippen molar-refractivity contribution in [3.8, 4) is 0 Å². The molecule has 0 radical (unpaired) electrons. The van der Waals surface area contributed by atoms with Crippen molar-refractivity contribution in [2.24, 2.45) is 11.3 Å². The minimum absolute atomic E-state index is 0.0418. The van der Waals surface area contributed by atoms with E-state index in [4.69, 9.17) is 0 Å². The van der Waals surface area contributed by atoms with Gasteiger partial charge in [0.15, 0.2) is 0 Å². The van der Waals surface area contributed by atoms with E-state index in [-0.39, 0.29) is 11.7 Å². The maximum absolute atomic E-state index is 13.5. The van der Waals surface area contributed by atoms with E-state index in [1.165, 1.54) is 6.07 Å². The molecule has 4 heteroatoms. The van der Waals surface area contributed by atoms with Crippen LogP contribution in [0.3, 0.4) is 0 Å². The van der Waals surface area contributed by atoms with Gasteiger partial charge in [-0.05, 0) is 50.9 Å². The summed E-state index contributed by atoms with van der Waals surface area (Å²) in [6.07, 6.45) is 2.15. The first-order chi connectivity index (χ1) is 9.43. The second-order valence-corrected chi connectivity index (χ2v) is 6.13. The zero-order valence-electron chi connectivity index (χ0n) is 12.4. The van der Waals surface area contributed by atoms with Crippen LogP contribution in [0.5, 0.6) is 0 Å². The van der Waals surface area contributed by atoms with Crippen molar-refractivity contribution >= 4 is 11.6 Å². The highest BCUT2D eigenvalue weighted by molar-refractivity contribution is 5.95. The summed E-state index contributed by atoms with van der Waals surface area (Å²) >= 11 is 0. The van der Waals surface area contributed by atoms with Crippen molar-refractivity contribution in [3.05, 3.63) is 29.6 Å². The largest absolute Gasteiger partial charge is 0.325 e. The van der Waals surface area contributed by atoms with Gasteiger partial charge in [-0.15, -0.1) is 0 Å². The van der Waals surface area contributed by atoms with Crippen LogP contribution >= 0.6 is 0 Å². The molecular formula is C16H23FN2O. The van der Waals surface area contributed by atoms with E-state index in [0.29, 0.717) is 17.2 Å². The molecule has 1 aliphatic heterocycles. The molecule has 3 nitrogen and oxygen atoms in total. The predicted molar refractivity (Wildman–Crippen MR) is 79.1 cm³/mol. The van der Waals surface area contributed by atoms with Crippen molar-refractivity contribution in [1.29, 1.82) is 0 Å². The van der Waals surface area contributed by atoms with Crippen molar-refractivity contribution in [2.75, 3.05) is 18.4 Å². The fourth-order valence-corrected chi connectivity index (χ4v) is 2.68. The summed E-state index contributed by atoms with van der Waals surface area (Å²) in [4.78, 5) is 12.5. The van der Waals surface area contributed by atoms with Crippen LogP contribution in [0.25, 0.3) is 0 Å². The van der Waals surface area contributed by atoms with Crippen LogP contribution in [-0.2, 0) is 4.79 Å². The maximum atomic E-state index is 13.5. The average molecular weight is 278 g/mol. The van der Waals surface area contributed by atoms with E-state index in [9.17, 15) is 9.18 Å². The smallest absolute Gasteiger partial charge is 0.230 e. The average Bonchev–Trinajstić information content (AvgIpc) is 2.44. The lowest BCUT2D eigenvalue weighted by Gasteiger charge is -2.36. The van der Waals surface area contributed by atoms with Gasteiger partial charge >= 0.3 is 0 Å². The topological polar surface area (TPSA) is 41.1 Å². The van der Waals surface area contributed by atoms with Gasteiger partial charge in [-0.25, -0.2) is 4.39 Å². The Bertz CT molecular complexity index is 493. The van der Waals surface area contributed by atoms with Crippen LogP contribution in [0.1, 0.15) is 32.3 Å². The first kappa shape index (κ1) is 15.0. The number of hydrogen-bond acceptors (Lipinski definition) is 2. The number of benzene rings is 1. The van der Waals surface area contributed by atoms with E-state index in [0.717, 1.165) is 25.9 Å². The van der Waals surface area contributed by atoms with Gasteiger partial charge in [0.25, 0.3) is 0 Å². The Morgan fingerprint density at radius 3 is 2.85 bits per heavy atom.